The van der Waals surface area contributed by atoms with Crippen molar-refractivity contribution in [3.63, 3.8) is 0 Å². The van der Waals surface area contributed by atoms with Crippen LogP contribution in [0.3, 0.4) is 0 Å². The van der Waals surface area contributed by atoms with Gasteiger partial charge in [0.2, 0.25) is 11.8 Å². The van der Waals surface area contributed by atoms with Gasteiger partial charge in [0.1, 0.15) is 6.04 Å². The van der Waals surface area contributed by atoms with Gasteiger partial charge in [0.15, 0.2) is 0 Å². The number of nitrogens with one attached hydrogen (secondary N) is 1. The lowest BCUT2D eigenvalue weighted by atomic mass is 10.0. The van der Waals surface area contributed by atoms with Crippen LogP contribution in [0.5, 0.6) is 0 Å². The van der Waals surface area contributed by atoms with E-state index >= 15 is 0 Å². The van der Waals surface area contributed by atoms with Crippen LogP contribution in [0.2, 0.25) is 10.0 Å². The second-order valence-electron chi connectivity index (χ2n) is 7.67. The number of hydrogen-bond acceptors (Lipinski definition) is 2. The fraction of sp³-hybridized carbons (Fsp3) is 0.417. The normalized spacial score (nSPS) is 12.9. The molecule has 0 radical (unpaired) electrons. The third-order valence-electron chi connectivity index (χ3n) is 5.18. The van der Waals surface area contributed by atoms with E-state index in [0.717, 1.165) is 23.1 Å². The minimum Gasteiger partial charge on any atom is -0.352 e. The molecule has 2 amide bonds. The molecule has 30 heavy (non-hydrogen) atoms. The van der Waals surface area contributed by atoms with Crippen LogP contribution in [0.15, 0.2) is 42.5 Å². The maximum Gasteiger partial charge on any atom is 0.243 e. The number of halogens is 2. The second kappa shape index (κ2) is 11.4. The van der Waals surface area contributed by atoms with Crippen LogP contribution in [0, 0.1) is 6.92 Å². The molecule has 0 unspecified atom stereocenters. The highest BCUT2D eigenvalue weighted by atomic mass is 35.5. The smallest absolute Gasteiger partial charge is 0.243 e. The zero-order valence-electron chi connectivity index (χ0n) is 18.0. The van der Waals surface area contributed by atoms with Gasteiger partial charge in [0.05, 0.1) is 6.42 Å². The average molecular weight is 449 g/mol. The minimum absolute atomic E-state index is 0.0411. The van der Waals surface area contributed by atoms with E-state index in [0.29, 0.717) is 16.5 Å². The van der Waals surface area contributed by atoms with Crippen molar-refractivity contribution in [3.05, 3.63) is 69.2 Å². The topological polar surface area (TPSA) is 49.4 Å². The molecule has 0 heterocycles. The molecule has 0 saturated heterocycles. The number of hydrogen-bond donors (Lipinski definition) is 1. The number of carbonyl (C=O) groups is 2. The molecule has 0 spiro atoms. The molecule has 2 rings (SSSR count). The van der Waals surface area contributed by atoms with Crippen LogP contribution in [-0.2, 0) is 22.6 Å². The lowest BCUT2D eigenvalue weighted by Gasteiger charge is -2.32. The van der Waals surface area contributed by atoms with Crippen LogP contribution in [0.4, 0.5) is 0 Å². The van der Waals surface area contributed by atoms with E-state index < -0.39 is 6.04 Å². The monoisotopic (exact) mass is 448 g/mol. The lowest BCUT2D eigenvalue weighted by Crippen LogP contribution is -2.51. The molecule has 162 valence electrons. The Kier molecular flexibility index (Phi) is 9.19. The molecule has 2 atom stereocenters. The Labute approximate surface area is 189 Å². The van der Waals surface area contributed by atoms with Crippen molar-refractivity contribution in [2.24, 2.45) is 0 Å². The molecule has 2 aromatic carbocycles. The van der Waals surface area contributed by atoms with Crippen molar-refractivity contribution in [1.82, 2.24) is 10.2 Å². The Balaban J connectivity index is 2.34. The van der Waals surface area contributed by atoms with Gasteiger partial charge >= 0.3 is 0 Å². The maximum absolute atomic E-state index is 13.3. The zero-order chi connectivity index (χ0) is 22.3. The largest absolute Gasteiger partial charge is 0.352 e. The van der Waals surface area contributed by atoms with Crippen molar-refractivity contribution in [2.75, 3.05) is 0 Å². The van der Waals surface area contributed by atoms with E-state index in [1.54, 1.807) is 23.1 Å². The predicted octanol–water partition coefficient (Wildman–Crippen LogP) is 5.57. The predicted molar refractivity (Wildman–Crippen MR) is 124 cm³/mol. The lowest BCUT2D eigenvalue weighted by molar-refractivity contribution is -0.141. The minimum atomic E-state index is -0.581. The number of rotatable bonds is 9. The van der Waals surface area contributed by atoms with Crippen molar-refractivity contribution in [1.29, 1.82) is 0 Å². The summed E-state index contributed by atoms with van der Waals surface area (Å²) in [5.41, 5.74) is 2.77. The van der Waals surface area contributed by atoms with E-state index in [9.17, 15) is 9.59 Å². The summed E-state index contributed by atoms with van der Waals surface area (Å²) in [7, 11) is 0. The third-order valence-corrected chi connectivity index (χ3v) is 5.77. The molecule has 0 bridgehead atoms. The first-order chi connectivity index (χ1) is 14.2. The molecule has 0 saturated carbocycles. The summed E-state index contributed by atoms with van der Waals surface area (Å²) < 4.78 is 0. The molecule has 0 aliphatic carbocycles. The Hall–Kier alpha value is -2.04. The summed E-state index contributed by atoms with van der Waals surface area (Å²) in [6.45, 7) is 8.12. The summed E-state index contributed by atoms with van der Waals surface area (Å²) >= 11 is 12.4. The first-order valence-corrected chi connectivity index (χ1v) is 11.1. The number of aryl methyl sites for hydroxylation is 1. The van der Waals surface area contributed by atoms with Gasteiger partial charge in [-0.2, -0.15) is 0 Å². The first-order valence-electron chi connectivity index (χ1n) is 10.3. The van der Waals surface area contributed by atoms with Crippen LogP contribution in [0.25, 0.3) is 0 Å². The molecule has 0 aromatic heterocycles. The van der Waals surface area contributed by atoms with E-state index in [-0.39, 0.29) is 30.8 Å². The van der Waals surface area contributed by atoms with E-state index in [4.69, 9.17) is 23.2 Å². The van der Waals surface area contributed by atoms with Gasteiger partial charge in [-0.1, -0.05) is 72.9 Å². The van der Waals surface area contributed by atoms with Gasteiger partial charge in [0.25, 0.3) is 0 Å². The SMILES string of the molecule is CC[C@@H](C)NC(=O)[C@@H](CC)N(Cc1ccc(Cl)cc1Cl)C(=O)Cc1cccc(C)c1. The van der Waals surface area contributed by atoms with Crippen LogP contribution < -0.4 is 5.32 Å². The molecular weight excluding hydrogens is 419 g/mol. The highest BCUT2D eigenvalue weighted by Crippen LogP contribution is 2.24. The molecule has 2 aromatic rings. The number of carbonyl (C=O) groups excluding carboxylic acids is 2. The van der Waals surface area contributed by atoms with Gasteiger partial charge in [0, 0.05) is 22.6 Å². The van der Waals surface area contributed by atoms with Gasteiger partial charge in [-0.3, -0.25) is 9.59 Å². The summed E-state index contributed by atoms with van der Waals surface area (Å²) in [5, 5.41) is 4.02. The number of amides is 2. The summed E-state index contributed by atoms with van der Waals surface area (Å²) in [6, 6.07) is 12.5. The number of benzene rings is 2. The zero-order valence-corrected chi connectivity index (χ0v) is 19.6. The highest BCUT2D eigenvalue weighted by Gasteiger charge is 2.29. The molecule has 1 N–H and O–H groups in total. The molecule has 4 nitrogen and oxygen atoms in total. The van der Waals surface area contributed by atoms with E-state index in [1.165, 1.54) is 0 Å². The summed E-state index contributed by atoms with van der Waals surface area (Å²) in [4.78, 5) is 27.9. The Bertz CT molecular complexity index is 885. The Morgan fingerprint density at radius 2 is 1.80 bits per heavy atom. The van der Waals surface area contributed by atoms with Gasteiger partial charge in [-0.15, -0.1) is 0 Å². The maximum atomic E-state index is 13.3. The quantitative estimate of drug-likeness (QED) is 0.545. The van der Waals surface area contributed by atoms with Gasteiger partial charge in [-0.25, -0.2) is 0 Å². The van der Waals surface area contributed by atoms with Gasteiger partial charge in [-0.05, 0) is 49.9 Å². The average Bonchev–Trinajstić information content (AvgIpc) is 2.69. The Morgan fingerprint density at radius 3 is 2.40 bits per heavy atom. The van der Waals surface area contributed by atoms with Crippen molar-refractivity contribution >= 4 is 35.0 Å². The fourth-order valence-corrected chi connectivity index (χ4v) is 3.76. The van der Waals surface area contributed by atoms with Crippen LogP contribution in [0.1, 0.15) is 50.3 Å². The second-order valence-corrected chi connectivity index (χ2v) is 8.51. The standard InChI is InChI=1S/C24H30Cl2N2O2/c1-5-17(4)27-24(30)22(6-2)28(15-19-10-11-20(25)14-21(19)26)23(29)13-18-9-7-8-16(3)12-18/h7-12,14,17,22H,5-6,13,15H2,1-4H3,(H,27,30)/t17-,22-/m1/s1. The van der Waals surface area contributed by atoms with Crippen LogP contribution >= 0.6 is 23.2 Å². The van der Waals surface area contributed by atoms with Crippen molar-refractivity contribution in [3.8, 4) is 0 Å². The van der Waals surface area contributed by atoms with Crippen molar-refractivity contribution < 1.29 is 9.59 Å². The van der Waals surface area contributed by atoms with E-state index in [2.05, 4.69) is 5.32 Å². The molecule has 0 fully saturated rings. The fourth-order valence-electron chi connectivity index (χ4n) is 3.29. The van der Waals surface area contributed by atoms with Gasteiger partial charge < -0.3 is 10.2 Å². The third kappa shape index (κ3) is 6.75. The molecular formula is C24H30Cl2N2O2. The van der Waals surface area contributed by atoms with Crippen LogP contribution in [-0.4, -0.2) is 28.8 Å². The number of nitrogens with zero attached hydrogens (tertiary/aromatic N) is 1. The Morgan fingerprint density at radius 1 is 1.07 bits per heavy atom. The van der Waals surface area contributed by atoms with Crippen molar-refractivity contribution in [2.45, 2.75) is 65.6 Å². The molecule has 0 aliphatic rings. The summed E-state index contributed by atoms with van der Waals surface area (Å²) in [6.07, 6.45) is 1.55. The van der Waals surface area contributed by atoms with E-state index in [1.807, 2.05) is 52.0 Å². The summed E-state index contributed by atoms with van der Waals surface area (Å²) in [5.74, 6) is -0.257. The first kappa shape index (κ1) is 24.2. The molecule has 6 heteroatoms. The highest BCUT2D eigenvalue weighted by molar-refractivity contribution is 6.35. The molecule has 0 aliphatic heterocycles.